The van der Waals surface area contributed by atoms with Crippen molar-refractivity contribution < 1.29 is 34.1 Å². The van der Waals surface area contributed by atoms with Crippen molar-refractivity contribution in [2.75, 3.05) is 26.9 Å². The fourth-order valence-corrected chi connectivity index (χ4v) is 1.07. The molecule has 0 aliphatic carbocycles. The van der Waals surface area contributed by atoms with Crippen molar-refractivity contribution >= 4 is 17.8 Å². The molecule has 18 heavy (non-hydrogen) atoms. The number of nitrogens with one attached hydrogen (secondary N) is 1. The summed E-state index contributed by atoms with van der Waals surface area (Å²) in [5.41, 5.74) is 0. The molecule has 0 fully saturated rings. The SMILES string of the molecule is COCCOCC(=O)N[C@@H](CCC(=O)O)C(=O)O. The number of carbonyl (C=O) groups excluding carboxylic acids is 1. The molecule has 0 aromatic rings. The maximum atomic E-state index is 11.3. The maximum absolute atomic E-state index is 11.3. The Morgan fingerprint density at radius 1 is 1.22 bits per heavy atom. The first-order chi connectivity index (χ1) is 8.47. The van der Waals surface area contributed by atoms with Gasteiger partial charge in [0.2, 0.25) is 5.91 Å². The van der Waals surface area contributed by atoms with Crippen molar-refractivity contribution in [1.29, 1.82) is 0 Å². The van der Waals surface area contributed by atoms with Gasteiger partial charge in [-0.05, 0) is 6.42 Å². The highest BCUT2D eigenvalue weighted by Gasteiger charge is 2.20. The van der Waals surface area contributed by atoms with Gasteiger partial charge in [-0.25, -0.2) is 4.79 Å². The Balaban J connectivity index is 3.96. The predicted octanol–water partition coefficient (Wildman–Crippen LogP) is -0.916. The molecule has 3 N–H and O–H groups in total. The third-order valence-electron chi connectivity index (χ3n) is 1.95. The van der Waals surface area contributed by atoms with Crippen LogP contribution in [0.5, 0.6) is 0 Å². The smallest absolute Gasteiger partial charge is 0.326 e. The molecule has 0 bridgehead atoms. The molecule has 1 atom stereocenters. The van der Waals surface area contributed by atoms with Gasteiger partial charge in [0.1, 0.15) is 12.6 Å². The summed E-state index contributed by atoms with van der Waals surface area (Å²) in [5.74, 6) is -3.00. The normalized spacial score (nSPS) is 11.8. The van der Waals surface area contributed by atoms with E-state index in [-0.39, 0.29) is 26.1 Å². The highest BCUT2D eigenvalue weighted by atomic mass is 16.5. The molecular formula is C10H17NO7. The molecule has 0 saturated heterocycles. The van der Waals surface area contributed by atoms with E-state index in [1.807, 2.05) is 0 Å². The van der Waals surface area contributed by atoms with E-state index in [0.29, 0.717) is 6.61 Å². The molecular weight excluding hydrogens is 246 g/mol. The molecule has 0 heterocycles. The number of carbonyl (C=O) groups is 3. The number of amides is 1. The molecule has 0 aromatic carbocycles. The van der Waals surface area contributed by atoms with Crippen LogP contribution >= 0.6 is 0 Å². The molecule has 0 spiro atoms. The Morgan fingerprint density at radius 3 is 2.39 bits per heavy atom. The molecule has 0 radical (unpaired) electrons. The topological polar surface area (TPSA) is 122 Å². The van der Waals surface area contributed by atoms with Crippen molar-refractivity contribution in [3.63, 3.8) is 0 Å². The van der Waals surface area contributed by atoms with Gasteiger partial charge in [-0.2, -0.15) is 0 Å². The average molecular weight is 263 g/mol. The molecule has 104 valence electrons. The summed E-state index contributed by atoms with van der Waals surface area (Å²) in [6, 6.07) is -1.22. The second kappa shape index (κ2) is 9.37. The van der Waals surface area contributed by atoms with E-state index in [0.717, 1.165) is 0 Å². The summed E-state index contributed by atoms with van der Waals surface area (Å²) in [6.07, 6.45) is -0.504. The lowest BCUT2D eigenvalue weighted by Crippen LogP contribution is -2.42. The lowest BCUT2D eigenvalue weighted by molar-refractivity contribution is -0.143. The first-order valence-electron chi connectivity index (χ1n) is 5.28. The van der Waals surface area contributed by atoms with Gasteiger partial charge in [0, 0.05) is 13.5 Å². The van der Waals surface area contributed by atoms with Gasteiger partial charge >= 0.3 is 11.9 Å². The van der Waals surface area contributed by atoms with Crippen LogP contribution in [-0.4, -0.2) is 61.0 Å². The molecule has 0 aromatic heterocycles. The van der Waals surface area contributed by atoms with Crippen molar-refractivity contribution in [3.8, 4) is 0 Å². The number of methoxy groups -OCH3 is 1. The van der Waals surface area contributed by atoms with E-state index in [9.17, 15) is 14.4 Å². The minimum atomic E-state index is -1.28. The quantitative estimate of drug-likeness (QED) is 0.436. The molecule has 8 heteroatoms. The molecule has 0 aliphatic heterocycles. The van der Waals surface area contributed by atoms with Gasteiger partial charge in [-0.1, -0.05) is 0 Å². The fourth-order valence-electron chi connectivity index (χ4n) is 1.07. The van der Waals surface area contributed by atoms with Crippen molar-refractivity contribution in [1.82, 2.24) is 5.32 Å². The molecule has 0 saturated carbocycles. The second-order valence-electron chi connectivity index (χ2n) is 3.44. The van der Waals surface area contributed by atoms with E-state index in [4.69, 9.17) is 19.7 Å². The van der Waals surface area contributed by atoms with Gasteiger partial charge in [0.15, 0.2) is 0 Å². The van der Waals surface area contributed by atoms with E-state index in [1.165, 1.54) is 7.11 Å². The Bertz CT molecular complexity index is 292. The van der Waals surface area contributed by atoms with Gasteiger partial charge < -0.3 is 25.0 Å². The van der Waals surface area contributed by atoms with Crippen LogP contribution in [0, 0.1) is 0 Å². The first-order valence-corrected chi connectivity index (χ1v) is 5.28. The summed E-state index contributed by atoms with van der Waals surface area (Å²) in [6.45, 7) is 0.256. The Hall–Kier alpha value is -1.67. The van der Waals surface area contributed by atoms with Gasteiger partial charge in [0.05, 0.1) is 13.2 Å². The lowest BCUT2D eigenvalue weighted by atomic mass is 10.1. The number of carboxylic acid groups (broad SMARTS) is 2. The van der Waals surface area contributed by atoms with Crippen molar-refractivity contribution in [3.05, 3.63) is 0 Å². The second-order valence-corrected chi connectivity index (χ2v) is 3.44. The summed E-state index contributed by atoms with van der Waals surface area (Å²) in [4.78, 5) is 32.3. The van der Waals surface area contributed by atoms with E-state index < -0.39 is 23.9 Å². The molecule has 0 aliphatic rings. The Labute approximate surface area is 104 Å². The predicted molar refractivity (Wildman–Crippen MR) is 59.1 cm³/mol. The number of rotatable bonds is 10. The Kier molecular flexibility index (Phi) is 8.50. The Morgan fingerprint density at radius 2 is 1.89 bits per heavy atom. The highest BCUT2D eigenvalue weighted by Crippen LogP contribution is 1.98. The van der Waals surface area contributed by atoms with E-state index >= 15 is 0 Å². The van der Waals surface area contributed by atoms with Crippen LogP contribution in [0.4, 0.5) is 0 Å². The van der Waals surface area contributed by atoms with Crippen molar-refractivity contribution in [2.45, 2.75) is 18.9 Å². The molecule has 8 nitrogen and oxygen atoms in total. The highest BCUT2D eigenvalue weighted by molar-refractivity contribution is 5.84. The number of ether oxygens (including phenoxy) is 2. The number of aliphatic carboxylic acids is 2. The standard InChI is InChI=1S/C10H17NO7/c1-17-4-5-18-6-8(12)11-7(10(15)16)2-3-9(13)14/h7H,2-6H2,1H3,(H,11,12)(H,13,14)(H,15,16)/t7-/m0/s1. The number of hydrogen-bond donors (Lipinski definition) is 3. The summed E-state index contributed by atoms with van der Waals surface area (Å²) < 4.78 is 9.59. The number of carboxylic acids is 2. The third kappa shape index (κ3) is 8.48. The zero-order valence-electron chi connectivity index (χ0n) is 10.0. The van der Waals surface area contributed by atoms with Crippen LogP contribution in [-0.2, 0) is 23.9 Å². The van der Waals surface area contributed by atoms with Gasteiger partial charge in [-0.15, -0.1) is 0 Å². The van der Waals surface area contributed by atoms with Crippen molar-refractivity contribution in [2.24, 2.45) is 0 Å². The zero-order chi connectivity index (χ0) is 14.0. The van der Waals surface area contributed by atoms with Crippen LogP contribution in [0.2, 0.25) is 0 Å². The monoisotopic (exact) mass is 263 g/mol. The van der Waals surface area contributed by atoms with Crippen LogP contribution < -0.4 is 5.32 Å². The van der Waals surface area contributed by atoms with E-state index in [1.54, 1.807) is 0 Å². The number of hydrogen-bond acceptors (Lipinski definition) is 5. The fraction of sp³-hybridized carbons (Fsp3) is 0.700. The van der Waals surface area contributed by atoms with Crippen LogP contribution in [0.3, 0.4) is 0 Å². The minimum Gasteiger partial charge on any atom is -0.481 e. The lowest BCUT2D eigenvalue weighted by Gasteiger charge is -2.13. The molecule has 0 rings (SSSR count). The molecule has 1 amide bonds. The summed E-state index contributed by atoms with van der Waals surface area (Å²) in [7, 11) is 1.48. The maximum Gasteiger partial charge on any atom is 0.326 e. The minimum absolute atomic E-state index is 0.172. The van der Waals surface area contributed by atoms with Gasteiger partial charge in [-0.3, -0.25) is 9.59 Å². The van der Waals surface area contributed by atoms with Crippen LogP contribution in [0.25, 0.3) is 0 Å². The largest absolute Gasteiger partial charge is 0.481 e. The van der Waals surface area contributed by atoms with Gasteiger partial charge in [0.25, 0.3) is 0 Å². The van der Waals surface area contributed by atoms with Crippen LogP contribution in [0.1, 0.15) is 12.8 Å². The molecule has 0 unspecified atom stereocenters. The average Bonchev–Trinajstić information content (AvgIpc) is 2.29. The summed E-state index contributed by atoms with van der Waals surface area (Å²) in [5, 5.41) is 19.4. The third-order valence-corrected chi connectivity index (χ3v) is 1.95. The zero-order valence-corrected chi connectivity index (χ0v) is 10.0. The van der Waals surface area contributed by atoms with E-state index in [2.05, 4.69) is 5.32 Å². The first kappa shape index (κ1) is 16.3. The van der Waals surface area contributed by atoms with Crippen LogP contribution in [0.15, 0.2) is 0 Å². The summed E-state index contributed by atoms with van der Waals surface area (Å²) >= 11 is 0.